The largest absolute Gasteiger partial charge is 0.431 e. The molecule has 0 N–H and O–H groups in total. The predicted molar refractivity (Wildman–Crippen MR) is 92.3 cm³/mol. The molecule has 0 fully saturated rings. The van der Waals surface area contributed by atoms with Gasteiger partial charge < -0.3 is 9.64 Å². The minimum atomic E-state index is 0.558. The first kappa shape index (κ1) is 15.3. The van der Waals surface area contributed by atoms with E-state index in [4.69, 9.17) is 4.74 Å². The zero-order valence-electron chi connectivity index (χ0n) is 13.9. The summed E-state index contributed by atoms with van der Waals surface area (Å²) in [6.07, 6.45) is 0. The molecule has 2 aromatic rings. The van der Waals surface area contributed by atoms with Crippen LogP contribution in [0, 0.1) is 6.92 Å². The number of hydrogen-bond donors (Lipinski definition) is 0. The molecule has 2 heterocycles. The number of benzene rings is 1. The van der Waals surface area contributed by atoms with E-state index in [9.17, 15) is 0 Å². The first-order valence-electron chi connectivity index (χ1n) is 7.83. The molecule has 1 aliphatic rings. The summed E-state index contributed by atoms with van der Waals surface area (Å²) in [7, 11) is 1.88. The van der Waals surface area contributed by atoms with Gasteiger partial charge in [0.25, 0.3) is 0 Å². The Labute approximate surface area is 136 Å². The highest BCUT2D eigenvalue weighted by atomic mass is 16.5. The maximum absolute atomic E-state index is 5.99. The molecule has 120 valence electrons. The summed E-state index contributed by atoms with van der Waals surface area (Å²) in [5.41, 5.74) is 1.74. The topological polar surface area (TPSA) is 53.9 Å². The Balaban J connectivity index is 2.01. The number of rotatable bonds is 4. The highest BCUT2D eigenvalue weighted by Crippen LogP contribution is 2.34. The van der Waals surface area contributed by atoms with Crippen molar-refractivity contribution in [3.8, 4) is 5.75 Å². The minimum absolute atomic E-state index is 0.558. The molecule has 0 radical (unpaired) electrons. The third-order valence-electron chi connectivity index (χ3n) is 3.82. The van der Waals surface area contributed by atoms with Gasteiger partial charge in [-0.05, 0) is 32.9 Å². The molecule has 0 spiro atoms. The second kappa shape index (κ2) is 6.24. The first-order valence-corrected chi connectivity index (χ1v) is 7.83. The van der Waals surface area contributed by atoms with Crippen LogP contribution in [0.3, 0.4) is 0 Å². The van der Waals surface area contributed by atoms with Gasteiger partial charge in [-0.15, -0.1) is 5.10 Å². The molecule has 0 saturated heterocycles. The van der Waals surface area contributed by atoms with E-state index in [1.54, 1.807) is 5.01 Å². The van der Waals surface area contributed by atoms with Crippen LogP contribution in [0.5, 0.6) is 5.75 Å². The fourth-order valence-electron chi connectivity index (χ4n) is 2.52. The predicted octanol–water partition coefficient (Wildman–Crippen LogP) is 2.82. The number of fused-ring (bicyclic) bond motifs is 1. The lowest BCUT2D eigenvalue weighted by atomic mass is 10.2. The number of aryl methyl sites for hydroxylation is 1. The van der Waals surface area contributed by atoms with Gasteiger partial charge >= 0.3 is 0 Å². The minimum Gasteiger partial charge on any atom is -0.431 e. The monoisotopic (exact) mass is 311 g/mol. The maximum atomic E-state index is 5.99. The van der Waals surface area contributed by atoms with Crippen molar-refractivity contribution in [3.63, 3.8) is 0 Å². The third-order valence-corrected chi connectivity index (χ3v) is 3.82. The number of anilines is 2. The summed E-state index contributed by atoms with van der Waals surface area (Å²) in [5, 5.41) is 6.26. The van der Waals surface area contributed by atoms with Gasteiger partial charge in [-0.25, -0.2) is 9.99 Å². The van der Waals surface area contributed by atoms with Crippen LogP contribution in [0.25, 0.3) is 0 Å². The van der Waals surface area contributed by atoms with Crippen molar-refractivity contribution in [3.05, 3.63) is 41.6 Å². The molecule has 0 unspecified atom stereocenters. The molecular weight excluding hydrogens is 290 g/mol. The molecular formula is C17H21N5O. The average molecular weight is 311 g/mol. The van der Waals surface area contributed by atoms with Crippen LogP contribution >= 0.6 is 0 Å². The van der Waals surface area contributed by atoms with Gasteiger partial charge in [0, 0.05) is 25.7 Å². The van der Waals surface area contributed by atoms with E-state index < -0.39 is 0 Å². The van der Waals surface area contributed by atoms with Crippen molar-refractivity contribution < 1.29 is 4.74 Å². The molecule has 23 heavy (non-hydrogen) atoms. The Hall–Kier alpha value is -2.63. The molecule has 0 atom stereocenters. The summed E-state index contributed by atoms with van der Waals surface area (Å²) in [5.74, 6) is 2.62. The van der Waals surface area contributed by atoms with Gasteiger partial charge in [0.1, 0.15) is 0 Å². The van der Waals surface area contributed by atoms with Crippen LogP contribution in [0.15, 0.2) is 35.4 Å². The molecule has 6 heteroatoms. The average Bonchev–Trinajstić information content (AvgIpc) is 2.57. The van der Waals surface area contributed by atoms with E-state index >= 15 is 0 Å². The molecule has 0 saturated carbocycles. The Kier molecular flexibility index (Phi) is 4.14. The number of nitrogens with zero attached hydrogens (tertiary/aromatic N) is 5. The molecule has 0 aliphatic carbocycles. The molecule has 3 rings (SSSR count). The summed E-state index contributed by atoms with van der Waals surface area (Å²) >= 11 is 0. The molecule has 0 amide bonds. The Bertz CT molecular complexity index is 725. The lowest BCUT2D eigenvalue weighted by Gasteiger charge is -2.27. The molecule has 1 aliphatic heterocycles. The van der Waals surface area contributed by atoms with E-state index in [1.165, 1.54) is 0 Å². The number of ether oxygens (including phenoxy) is 1. The van der Waals surface area contributed by atoms with E-state index in [0.717, 1.165) is 24.3 Å². The van der Waals surface area contributed by atoms with Crippen molar-refractivity contribution in [1.82, 2.24) is 9.97 Å². The fraction of sp³-hybridized carbons (Fsp3) is 0.353. The van der Waals surface area contributed by atoms with Crippen molar-refractivity contribution in [2.45, 2.75) is 20.8 Å². The summed E-state index contributed by atoms with van der Waals surface area (Å²) in [4.78, 5) is 11.3. The quantitative estimate of drug-likeness (QED) is 0.869. The molecule has 1 aromatic carbocycles. The van der Waals surface area contributed by atoms with E-state index in [-0.39, 0.29) is 0 Å². The van der Waals surface area contributed by atoms with Gasteiger partial charge in [-0.2, -0.15) is 4.98 Å². The van der Waals surface area contributed by atoms with Gasteiger partial charge in [0.05, 0.1) is 5.69 Å². The lowest BCUT2D eigenvalue weighted by molar-refractivity contribution is 0.518. The van der Waals surface area contributed by atoms with Crippen molar-refractivity contribution >= 4 is 17.7 Å². The van der Waals surface area contributed by atoms with Gasteiger partial charge in [0.2, 0.25) is 11.8 Å². The third kappa shape index (κ3) is 2.84. The van der Waals surface area contributed by atoms with Crippen molar-refractivity contribution in [2.75, 3.05) is 30.0 Å². The van der Waals surface area contributed by atoms with Gasteiger partial charge in [-0.1, -0.05) is 18.2 Å². The molecule has 1 aromatic heterocycles. The van der Waals surface area contributed by atoms with E-state index in [2.05, 4.69) is 33.8 Å². The van der Waals surface area contributed by atoms with Crippen LogP contribution in [-0.4, -0.2) is 36.0 Å². The highest BCUT2D eigenvalue weighted by molar-refractivity contribution is 5.98. The van der Waals surface area contributed by atoms with Gasteiger partial charge in [-0.3, -0.25) is 0 Å². The number of hydrogen-bond acceptors (Lipinski definition) is 6. The van der Waals surface area contributed by atoms with Crippen LogP contribution in [-0.2, 0) is 0 Å². The van der Waals surface area contributed by atoms with E-state index in [1.807, 2.05) is 44.3 Å². The molecule has 0 bridgehead atoms. The lowest BCUT2D eigenvalue weighted by Crippen LogP contribution is -2.29. The Morgan fingerprint density at radius 2 is 1.78 bits per heavy atom. The van der Waals surface area contributed by atoms with E-state index in [0.29, 0.717) is 23.4 Å². The van der Waals surface area contributed by atoms with Crippen LogP contribution < -0.4 is 14.6 Å². The second-order valence-corrected chi connectivity index (χ2v) is 5.33. The summed E-state index contributed by atoms with van der Waals surface area (Å²) in [6, 6.07) is 9.83. The highest BCUT2D eigenvalue weighted by Gasteiger charge is 2.25. The van der Waals surface area contributed by atoms with Crippen molar-refractivity contribution in [2.24, 2.45) is 5.10 Å². The standard InChI is InChI=1S/C17H21N5O/c1-5-22(6-2)17-18-12(3)14-15(19-17)21(4)20-16(23-14)13-10-8-7-9-11-13/h7-11H,5-6H2,1-4H3. The Morgan fingerprint density at radius 1 is 1.09 bits per heavy atom. The zero-order valence-corrected chi connectivity index (χ0v) is 13.9. The molecule has 6 nitrogen and oxygen atoms in total. The number of aromatic nitrogens is 2. The maximum Gasteiger partial charge on any atom is 0.244 e. The summed E-state index contributed by atoms with van der Waals surface area (Å²) < 4.78 is 5.99. The number of hydrazone groups is 1. The fourth-order valence-corrected chi connectivity index (χ4v) is 2.52. The Morgan fingerprint density at radius 3 is 2.43 bits per heavy atom. The van der Waals surface area contributed by atoms with Gasteiger partial charge in [0.15, 0.2) is 11.6 Å². The van der Waals surface area contributed by atoms with Crippen LogP contribution in [0.4, 0.5) is 11.8 Å². The normalized spacial score (nSPS) is 13.2. The first-order chi connectivity index (χ1) is 11.1. The van der Waals surface area contributed by atoms with Crippen LogP contribution in [0.2, 0.25) is 0 Å². The second-order valence-electron chi connectivity index (χ2n) is 5.33. The summed E-state index contributed by atoms with van der Waals surface area (Å²) in [6.45, 7) is 7.84. The van der Waals surface area contributed by atoms with Crippen molar-refractivity contribution in [1.29, 1.82) is 0 Å². The zero-order chi connectivity index (χ0) is 16.4. The smallest absolute Gasteiger partial charge is 0.244 e. The SMILES string of the molecule is CCN(CC)c1nc(C)c2c(n1)N(C)N=C(c1ccccc1)O2. The van der Waals surface area contributed by atoms with Crippen LogP contribution in [0.1, 0.15) is 25.1 Å².